The second-order valence-corrected chi connectivity index (χ2v) is 4.62. The topological polar surface area (TPSA) is 26.3 Å². The van der Waals surface area contributed by atoms with Gasteiger partial charge in [-0.1, -0.05) is 23.7 Å². The van der Waals surface area contributed by atoms with Crippen LogP contribution in [0.5, 0.6) is 11.5 Å². The molecule has 98 valence electrons. The molecular weight excluding hydrogens is 267 g/mol. The molecular formula is C15H12ClFO2. The quantitative estimate of drug-likeness (QED) is 0.755. The van der Waals surface area contributed by atoms with Crippen molar-refractivity contribution in [3.05, 3.63) is 58.4 Å². The van der Waals surface area contributed by atoms with E-state index in [0.717, 1.165) is 5.56 Å². The van der Waals surface area contributed by atoms with Crippen molar-refractivity contribution in [1.82, 2.24) is 0 Å². The van der Waals surface area contributed by atoms with E-state index < -0.39 is 5.82 Å². The zero-order valence-corrected chi connectivity index (χ0v) is 11.3. The van der Waals surface area contributed by atoms with Crippen LogP contribution in [0.3, 0.4) is 0 Å². The minimum Gasteiger partial charge on any atom is -0.452 e. The molecule has 4 heteroatoms. The van der Waals surface area contributed by atoms with E-state index in [1.165, 1.54) is 25.1 Å². The predicted octanol–water partition coefficient (Wildman–Crippen LogP) is 4.78. The molecule has 0 unspecified atom stereocenters. The maximum atomic E-state index is 13.8. The Balaban J connectivity index is 2.46. The Hall–Kier alpha value is -1.87. The van der Waals surface area contributed by atoms with Crippen molar-refractivity contribution in [2.24, 2.45) is 0 Å². The number of carbonyl (C=O) groups excluding carboxylic acids is 1. The van der Waals surface area contributed by atoms with Gasteiger partial charge in [0.05, 0.1) is 10.6 Å². The lowest BCUT2D eigenvalue weighted by atomic mass is 10.1. The molecule has 0 aliphatic rings. The molecule has 0 N–H and O–H groups in total. The maximum absolute atomic E-state index is 13.8. The number of aryl methyl sites for hydroxylation is 1. The maximum Gasteiger partial charge on any atom is 0.173 e. The smallest absolute Gasteiger partial charge is 0.173 e. The SMILES string of the molecule is CC(=O)c1cccc(F)c1Oc1ccc(C)cc1Cl. The fourth-order valence-electron chi connectivity index (χ4n) is 1.69. The Morgan fingerprint density at radius 2 is 2.00 bits per heavy atom. The van der Waals surface area contributed by atoms with E-state index >= 15 is 0 Å². The van der Waals surface area contributed by atoms with Gasteiger partial charge >= 0.3 is 0 Å². The summed E-state index contributed by atoms with van der Waals surface area (Å²) < 4.78 is 19.2. The van der Waals surface area contributed by atoms with Crippen LogP contribution in [0.1, 0.15) is 22.8 Å². The average Bonchev–Trinajstić information content (AvgIpc) is 2.34. The minimum atomic E-state index is -0.593. The first-order chi connectivity index (χ1) is 8.99. The van der Waals surface area contributed by atoms with Gasteiger partial charge in [0.2, 0.25) is 0 Å². The molecule has 0 radical (unpaired) electrons. The molecule has 2 rings (SSSR count). The summed E-state index contributed by atoms with van der Waals surface area (Å²) in [6, 6.07) is 9.39. The fraction of sp³-hybridized carbons (Fsp3) is 0.133. The van der Waals surface area contributed by atoms with E-state index in [9.17, 15) is 9.18 Å². The highest BCUT2D eigenvalue weighted by atomic mass is 35.5. The van der Waals surface area contributed by atoms with E-state index in [1.54, 1.807) is 18.2 Å². The van der Waals surface area contributed by atoms with Crippen LogP contribution in [-0.2, 0) is 0 Å². The molecule has 19 heavy (non-hydrogen) atoms. The Morgan fingerprint density at radius 1 is 1.26 bits per heavy atom. The fourth-order valence-corrected chi connectivity index (χ4v) is 1.96. The van der Waals surface area contributed by atoms with Crippen LogP contribution in [0.2, 0.25) is 5.02 Å². The molecule has 0 aromatic heterocycles. The zero-order valence-electron chi connectivity index (χ0n) is 10.5. The van der Waals surface area contributed by atoms with Crippen molar-refractivity contribution in [2.45, 2.75) is 13.8 Å². The Bertz CT molecular complexity index is 638. The third-order valence-corrected chi connectivity index (χ3v) is 2.94. The van der Waals surface area contributed by atoms with Crippen molar-refractivity contribution in [3.63, 3.8) is 0 Å². The largest absolute Gasteiger partial charge is 0.452 e. The summed E-state index contributed by atoms with van der Waals surface area (Å²) in [6.45, 7) is 3.25. The molecule has 0 fully saturated rings. The van der Waals surface area contributed by atoms with Crippen LogP contribution in [0.4, 0.5) is 4.39 Å². The highest BCUT2D eigenvalue weighted by molar-refractivity contribution is 6.32. The first-order valence-electron chi connectivity index (χ1n) is 5.72. The molecule has 0 saturated heterocycles. The number of rotatable bonds is 3. The van der Waals surface area contributed by atoms with E-state index in [4.69, 9.17) is 16.3 Å². The van der Waals surface area contributed by atoms with Gasteiger partial charge in [0.15, 0.2) is 17.3 Å². The number of ether oxygens (including phenoxy) is 1. The number of para-hydroxylation sites is 1. The minimum absolute atomic E-state index is 0.0965. The summed E-state index contributed by atoms with van der Waals surface area (Å²) in [4.78, 5) is 11.5. The lowest BCUT2D eigenvalue weighted by Crippen LogP contribution is -1.99. The van der Waals surface area contributed by atoms with Crippen molar-refractivity contribution >= 4 is 17.4 Å². The number of halogens is 2. The Kier molecular flexibility index (Phi) is 3.86. The third kappa shape index (κ3) is 2.93. The van der Waals surface area contributed by atoms with Crippen molar-refractivity contribution in [3.8, 4) is 11.5 Å². The van der Waals surface area contributed by atoms with Crippen LogP contribution >= 0.6 is 11.6 Å². The van der Waals surface area contributed by atoms with Crippen molar-refractivity contribution in [1.29, 1.82) is 0 Å². The number of ketones is 1. The molecule has 2 aromatic rings. The van der Waals surface area contributed by atoms with Crippen molar-refractivity contribution in [2.75, 3.05) is 0 Å². The van der Waals surface area contributed by atoms with E-state index in [-0.39, 0.29) is 17.1 Å². The van der Waals surface area contributed by atoms with Crippen LogP contribution in [-0.4, -0.2) is 5.78 Å². The number of hydrogen-bond donors (Lipinski definition) is 0. The van der Waals surface area contributed by atoms with Gasteiger partial charge in [-0.15, -0.1) is 0 Å². The summed E-state index contributed by atoms with van der Waals surface area (Å²) in [5, 5.41) is 0.373. The molecule has 0 amide bonds. The number of benzene rings is 2. The van der Waals surface area contributed by atoms with Crippen LogP contribution in [0, 0.1) is 12.7 Å². The lowest BCUT2D eigenvalue weighted by Gasteiger charge is -2.11. The molecule has 0 atom stereocenters. The molecule has 2 nitrogen and oxygen atoms in total. The summed E-state index contributed by atoms with van der Waals surface area (Å²) in [5.41, 5.74) is 1.16. The van der Waals surface area contributed by atoms with Crippen LogP contribution in [0.15, 0.2) is 36.4 Å². The third-order valence-electron chi connectivity index (χ3n) is 2.65. The van der Waals surface area contributed by atoms with Gasteiger partial charge in [-0.25, -0.2) is 4.39 Å². The number of carbonyl (C=O) groups is 1. The van der Waals surface area contributed by atoms with Gasteiger partial charge in [0.1, 0.15) is 5.75 Å². The zero-order chi connectivity index (χ0) is 14.0. The molecule has 0 aliphatic carbocycles. The Labute approximate surface area is 115 Å². The molecule has 0 spiro atoms. The first-order valence-corrected chi connectivity index (χ1v) is 6.10. The second kappa shape index (κ2) is 5.41. The average molecular weight is 279 g/mol. The van der Waals surface area contributed by atoms with Gasteiger partial charge in [0, 0.05) is 0 Å². The first kappa shape index (κ1) is 13.6. The van der Waals surface area contributed by atoms with Gasteiger partial charge in [-0.2, -0.15) is 0 Å². The van der Waals surface area contributed by atoms with Gasteiger partial charge in [-0.3, -0.25) is 4.79 Å². The monoisotopic (exact) mass is 278 g/mol. The van der Waals surface area contributed by atoms with E-state index in [1.807, 2.05) is 6.92 Å². The van der Waals surface area contributed by atoms with Crippen LogP contribution in [0.25, 0.3) is 0 Å². The predicted molar refractivity (Wildman–Crippen MR) is 72.7 cm³/mol. The standard InChI is InChI=1S/C15H12ClFO2/c1-9-6-7-14(12(16)8-9)19-15-11(10(2)18)4-3-5-13(15)17/h3-8H,1-2H3. The molecule has 0 bridgehead atoms. The second-order valence-electron chi connectivity index (χ2n) is 4.21. The normalized spacial score (nSPS) is 10.3. The highest BCUT2D eigenvalue weighted by Crippen LogP contribution is 2.33. The van der Waals surface area contributed by atoms with Crippen LogP contribution < -0.4 is 4.74 Å². The van der Waals surface area contributed by atoms with Gasteiger partial charge in [0.25, 0.3) is 0 Å². The summed E-state index contributed by atoms with van der Waals surface area (Å²) in [7, 11) is 0. The number of hydrogen-bond acceptors (Lipinski definition) is 2. The molecule has 0 heterocycles. The lowest BCUT2D eigenvalue weighted by molar-refractivity contribution is 0.101. The summed E-state index contributed by atoms with van der Waals surface area (Å²) in [5.74, 6) is -0.636. The molecule has 0 aliphatic heterocycles. The molecule has 0 saturated carbocycles. The van der Waals surface area contributed by atoms with E-state index in [0.29, 0.717) is 10.8 Å². The van der Waals surface area contributed by atoms with E-state index in [2.05, 4.69) is 0 Å². The highest BCUT2D eigenvalue weighted by Gasteiger charge is 2.15. The van der Waals surface area contributed by atoms with Crippen molar-refractivity contribution < 1.29 is 13.9 Å². The summed E-state index contributed by atoms with van der Waals surface area (Å²) >= 11 is 6.03. The summed E-state index contributed by atoms with van der Waals surface area (Å²) in [6.07, 6.45) is 0. The molecule has 2 aromatic carbocycles. The number of Topliss-reactive ketones (excluding diaryl/α,β-unsaturated/α-hetero) is 1. The van der Waals surface area contributed by atoms with Gasteiger partial charge in [-0.05, 0) is 43.7 Å². The Morgan fingerprint density at radius 3 is 2.63 bits per heavy atom. The van der Waals surface area contributed by atoms with Gasteiger partial charge < -0.3 is 4.74 Å².